The molecule has 122 valence electrons. The van der Waals surface area contributed by atoms with Crippen LogP contribution in [0, 0.1) is 0 Å². The van der Waals surface area contributed by atoms with Crippen molar-refractivity contribution in [1.82, 2.24) is 10.2 Å². The molecule has 1 fully saturated rings. The van der Waals surface area contributed by atoms with Crippen LogP contribution in [-0.2, 0) is 9.53 Å². The SMILES string of the molecule is COCCN(CCC(N)=S)CC(=O)NC1CCCCCC1. The van der Waals surface area contributed by atoms with E-state index in [2.05, 4.69) is 10.2 Å². The molecule has 0 aliphatic heterocycles. The van der Waals surface area contributed by atoms with E-state index in [1.165, 1.54) is 25.7 Å². The van der Waals surface area contributed by atoms with Crippen molar-refractivity contribution >= 4 is 23.1 Å². The summed E-state index contributed by atoms with van der Waals surface area (Å²) in [7, 11) is 1.66. The Labute approximate surface area is 133 Å². The Morgan fingerprint density at radius 2 is 1.95 bits per heavy atom. The van der Waals surface area contributed by atoms with Gasteiger partial charge in [-0.25, -0.2) is 0 Å². The number of thiocarbonyl (C=S) groups is 1. The molecule has 0 aromatic carbocycles. The van der Waals surface area contributed by atoms with E-state index < -0.39 is 0 Å². The summed E-state index contributed by atoms with van der Waals surface area (Å²) in [5.41, 5.74) is 5.54. The minimum Gasteiger partial charge on any atom is -0.393 e. The molecule has 0 heterocycles. The van der Waals surface area contributed by atoms with Gasteiger partial charge in [-0.2, -0.15) is 0 Å². The summed E-state index contributed by atoms with van der Waals surface area (Å²) in [6, 6.07) is 0.347. The Balaban J connectivity index is 2.36. The first-order valence-corrected chi connectivity index (χ1v) is 8.31. The number of carbonyl (C=O) groups excluding carboxylic acids is 1. The normalized spacial score (nSPS) is 16.7. The van der Waals surface area contributed by atoms with E-state index in [-0.39, 0.29) is 5.91 Å². The number of amides is 1. The van der Waals surface area contributed by atoms with Gasteiger partial charge in [0.15, 0.2) is 0 Å². The molecule has 5 nitrogen and oxygen atoms in total. The molecule has 0 bridgehead atoms. The smallest absolute Gasteiger partial charge is 0.234 e. The molecular formula is C15H29N3O2S. The third kappa shape index (κ3) is 9.01. The molecule has 1 aliphatic rings. The van der Waals surface area contributed by atoms with Gasteiger partial charge in [0.2, 0.25) is 5.91 Å². The second-order valence-electron chi connectivity index (χ2n) is 5.74. The van der Waals surface area contributed by atoms with Gasteiger partial charge in [0, 0.05) is 32.7 Å². The molecule has 6 heteroatoms. The fourth-order valence-corrected chi connectivity index (χ4v) is 2.75. The highest BCUT2D eigenvalue weighted by Gasteiger charge is 2.16. The van der Waals surface area contributed by atoms with Crippen LogP contribution in [0.1, 0.15) is 44.9 Å². The van der Waals surface area contributed by atoms with Crippen LogP contribution in [0.5, 0.6) is 0 Å². The van der Waals surface area contributed by atoms with Crippen LogP contribution < -0.4 is 11.1 Å². The Morgan fingerprint density at radius 3 is 2.52 bits per heavy atom. The molecule has 0 aromatic rings. The van der Waals surface area contributed by atoms with E-state index in [0.717, 1.165) is 19.4 Å². The first kappa shape index (κ1) is 18.3. The number of nitrogens with one attached hydrogen (secondary N) is 1. The summed E-state index contributed by atoms with van der Waals surface area (Å²) in [5, 5.41) is 3.17. The standard InChI is InChI=1S/C15H29N3O2S/c1-20-11-10-18(9-8-14(16)21)12-15(19)17-13-6-4-2-3-5-7-13/h13H,2-12H2,1H3,(H2,16,21)(H,17,19). The molecule has 0 atom stereocenters. The fraction of sp³-hybridized carbons (Fsp3) is 0.867. The molecule has 1 rings (SSSR count). The molecule has 1 amide bonds. The van der Waals surface area contributed by atoms with Crippen molar-refractivity contribution in [3.05, 3.63) is 0 Å². The lowest BCUT2D eigenvalue weighted by molar-refractivity contribution is -0.123. The van der Waals surface area contributed by atoms with Crippen LogP contribution in [0.2, 0.25) is 0 Å². The average Bonchev–Trinajstić information content (AvgIpc) is 2.70. The molecule has 0 radical (unpaired) electrons. The lowest BCUT2D eigenvalue weighted by atomic mass is 10.1. The first-order chi connectivity index (χ1) is 10.1. The van der Waals surface area contributed by atoms with Crippen molar-refractivity contribution in [1.29, 1.82) is 0 Å². The number of hydrogen-bond donors (Lipinski definition) is 2. The number of hydrogen-bond acceptors (Lipinski definition) is 4. The number of carbonyl (C=O) groups is 1. The molecule has 0 unspecified atom stereocenters. The zero-order valence-corrected chi connectivity index (χ0v) is 13.9. The molecule has 0 aromatic heterocycles. The Kier molecular flexibility index (Phi) is 9.54. The summed E-state index contributed by atoms with van der Waals surface area (Å²) in [5.74, 6) is 0.0981. The van der Waals surface area contributed by atoms with Crippen LogP contribution in [-0.4, -0.2) is 55.2 Å². The van der Waals surface area contributed by atoms with E-state index in [0.29, 0.717) is 37.1 Å². The maximum absolute atomic E-state index is 12.2. The number of methoxy groups -OCH3 is 1. The molecular weight excluding hydrogens is 286 g/mol. The lowest BCUT2D eigenvalue weighted by Gasteiger charge is -2.23. The Bertz CT molecular complexity index is 318. The van der Waals surface area contributed by atoms with Crippen LogP contribution in [0.3, 0.4) is 0 Å². The number of nitrogens with zero attached hydrogens (tertiary/aromatic N) is 1. The van der Waals surface area contributed by atoms with Crippen LogP contribution in [0.4, 0.5) is 0 Å². The van der Waals surface area contributed by atoms with Crippen molar-refractivity contribution in [2.24, 2.45) is 5.73 Å². The highest BCUT2D eigenvalue weighted by atomic mass is 32.1. The van der Waals surface area contributed by atoms with Crippen LogP contribution in [0.15, 0.2) is 0 Å². The largest absolute Gasteiger partial charge is 0.393 e. The minimum atomic E-state index is 0.0981. The maximum atomic E-state index is 12.2. The maximum Gasteiger partial charge on any atom is 0.234 e. The van der Waals surface area contributed by atoms with E-state index >= 15 is 0 Å². The summed E-state index contributed by atoms with van der Waals surface area (Å²) < 4.78 is 5.09. The molecule has 1 saturated carbocycles. The van der Waals surface area contributed by atoms with Crippen molar-refractivity contribution < 1.29 is 9.53 Å². The van der Waals surface area contributed by atoms with E-state index in [1.807, 2.05) is 0 Å². The van der Waals surface area contributed by atoms with E-state index in [1.54, 1.807) is 7.11 Å². The second kappa shape index (κ2) is 10.9. The van der Waals surface area contributed by atoms with E-state index in [4.69, 9.17) is 22.7 Å². The molecule has 1 aliphatic carbocycles. The quantitative estimate of drug-likeness (QED) is 0.498. The van der Waals surface area contributed by atoms with Gasteiger partial charge in [-0.15, -0.1) is 0 Å². The average molecular weight is 315 g/mol. The summed E-state index contributed by atoms with van der Waals surface area (Å²) in [6.45, 7) is 2.42. The number of rotatable bonds is 9. The fourth-order valence-electron chi connectivity index (χ4n) is 2.66. The van der Waals surface area contributed by atoms with Gasteiger partial charge in [-0.1, -0.05) is 37.9 Å². The molecule has 0 saturated heterocycles. The Morgan fingerprint density at radius 1 is 1.29 bits per heavy atom. The van der Waals surface area contributed by atoms with Crippen LogP contribution in [0.25, 0.3) is 0 Å². The molecule has 21 heavy (non-hydrogen) atoms. The molecule has 0 spiro atoms. The third-order valence-electron chi connectivity index (χ3n) is 3.87. The van der Waals surface area contributed by atoms with Gasteiger partial charge in [0.05, 0.1) is 18.1 Å². The van der Waals surface area contributed by atoms with Crippen molar-refractivity contribution in [3.63, 3.8) is 0 Å². The minimum absolute atomic E-state index is 0.0981. The van der Waals surface area contributed by atoms with Gasteiger partial charge < -0.3 is 15.8 Å². The topological polar surface area (TPSA) is 67.6 Å². The highest BCUT2D eigenvalue weighted by molar-refractivity contribution is 7.80. The third-order valence-corrected chi connectivity index (χ3v) is 4.08. The monoisotopic (exact) mass is 315 g/mol. The number of ether oxygens (including phenoxy) is 1. The lowest BCUT2D eigenvalue weighted by Crippen LogP contribution is -2.43. The summed E-state index contributed by atoms with van der Waals surface area (Å²) in [4.78, 5) is 14.7. The first-order valence-electron chi connectivity index (χ1n) is 7.90. The van der Waals surface area contributed by atoms with Gasteiger partial charge >= 0.3 is 0 Å². The van der Waals surface area contributed by atoms with Gasteiger partial charge in [0.25, 0.3) is 0 Å². The predicted molar refractivity (Wildman–Crippen MR) is 89.4 cm³/mol. The van der Waals surface area contributed by atoms with Crippen molar-refractivity contribution in [2.75, 3.05) is 33.4 Å². The Hall–Kier alpha value is -0.720. The highest BCUT2D eigenvalue weighted by Crippen LogP contribution is 2.17. The van der Waals surface area contributed by atoms with Gasteiger partial charge in [0.1, 0.15) is 0 Å². The zero-order chi connectivity index (χ0) is 15.5. The van der Waals surface area contributed by atoms with Crippen molar-refractivity contribution in [2.45, 2.75) is 51.0 Å². The second-order valence-corrected chi connectivity index (χ2v) is 6.27. The summed E-state index contributed by atoms with van der Waals surface area (Å²) >= 11 is 4.91. The van der Waals surface area contributed by atoms with Gasteiger partial charge in [-0.3, -0.25) is 9.69 Å². The van der Waals surface area contributed by atoms with Crippen molar-refractivity contribution in [3.8, 4) is 0 Å². The molecule has 3 N–H and O–H groups in total. The van der Waals surface area contributed by atoms with Gasteiger partial charge in [-0.05, 0) is 12.8 Å². The van der Waals surface area contributed by atoms with Crippen LogP contribution >= 0.6 is 12.2 Å². The number of nitrogens with two attached hydrogens (primary N) is 1. The predicted octanol–water partition coefficient (Wildman–Crippen LogP) is 1.45. The van der Waals surface area contributed by atoms with E-state index in [9.17, 15) is 4.79 Å². The zero-order valence-electron chi connectivity index (χ0n) is 13.1. The summed E-state index contributed by atoms with van der Waals surface area (Å²) in [6.07, 6.45) is 7.88.